The Hall–Kier alpha value is -2.93. The summed E-state index contributed by atoms with van der Waals surface area (Å²) in [6, 6.07) is 9.68. The standard InChI is InChI=1S/C23H29N5O2/c1-15(2)25-23-24-13-20(21-12-16(3)27-30-21)22(26-23)18-8-10-28(11-9-18)14-17-4-6-19(29)7-5-17/h4-7,12-13,15,18,29H,8-11,14H2,1-3H3,(H,24,25,26). The van der Waals surface area contributed by atoms with Gasteiger partial charge >= 0.3 is 0 Å². The molecule has 0 radical (unpaired) electrons. The first-order valence-corrected chi connectivity index (χ1v) is 10.6. The number of likely N-dealkylation sites (tertiary alicyclic amines) is 1. The Kier molecular flexibility index (Phi) is 5.99. The molecule has 0 atom stereocenters. The van der Waals surface area contributed by atoms with Gasteiger partial charge in [0.2, 0.25) is 5.95 Å². The van der Waals surface area contributed by atoms with Crippen LogP contribution in [0.25, 0.3) is 11.3 Å². The van der Waals surface area contributed by atoms with E-state index in [2.05, 4.69) is 34.2 Å². The lowest BCUT2D eigenvalue weighted by Crippen LogP contribution is -2.33. The van der Waals surface area contributed by atoms with Crippen LogP contribution >= 0.6 is 0 Å². The Morgan fingerprint density at radius 3 is 2.57 bits per heavy atom. The molecular formula is C23H29N5O2. The highest BCUT2D eigenvalue weighted by atomic mass is 16.5. The number of nitrogens with zero attached hydrogens (tertiary/aromatic N) is 4. The molecule has 158 valence electrons. The second-order valence-corrected chi connectivity index (χ2v) is 8.34. The van der Waals surface area contributed by atoms with Crippen LogP contribution in [0, 0.1) is 6.92 Å². The first-order valence-electron chi connectivity index (χ1n) is 10.6. The Labute approximate surface area is 177 Å². The number of aromatic hydroxyl groups is 1. The number of aromatic nitrogens is 3. The molecule has 0 unspecified atom stereocenters. The molecule has 4 rings (SSSR count). The normalized spacial score (nSPS) is 15.6. The molecule has 0 bridgehead atoms. The molecule has 1 aromatic carbocycles. The molecular weight excluding hydrogens is 378 g/mol. The number of phenolic OH excluding ortho intramolecular Hbond substituents is 1. The zero-order chi connectivity index (χ0) is 21.1. The number of hydrogen-bond acceptors (Lipinski definition) is 7. The van der Waals surface area contributed by atoms with Gasteiger partial charge in [0.25, 0.3) is 0 Å². The number of piperidine rings is 1. The zero-order valence-corrected chi connectivity index (χ0v) is 17.8. The van der Waals surface area contributed by atoms with Crippen molar-refractivity contribution in [1.29, 1.82) is 0 Å². The third-order valence-electron chi connectivity index (χ3n) is 5.45. The van der Waals surface area contributed by atoms with Crippen molar-refractivity contribution in [3.8, 4) is 17.1 Å². The van der Waals surface area contributed by atoms with E-state index in [1.165, 1.54) is 5.56 Å². The smallest absolute Gasteiger partial charge is 0.223 e. The maximum Gasteiger partial charge on any atom is 0.223 e. The van der Waals surface area contributed by atoms with Gasteiger partial charge in [-0.1, -0.05) is 17.3 Å². The number of rotatable bonds is 6. The van der Waals surface area contributed by atoms with Crippen LogP contribution in [0.3, 0.4) is 0 Å². The topological polar surface area (TPSA) is 87.3 Å². The first-order chi connectivity index (χ1) is 14.5. The van der Waals surface area contributed by atoms with Gasteiger partial charge in [0, 0.05) is 30.8 Å². The Bertz CT molecular complexity index is 976. The highest BCUT2D eigenvalue weighted by molar-refractivity contribution is 5.61. The first kappa shape index (κ1) is 20.3. The fourth-order valence-corrected chi connectivity index (χ4v) is 3.94. The third-order valence-corrected chi connectivity index (χ3v) is 5.45. The van der Waals surface area contributed by atoms with Crippen LogP contribution in [0.15, 0.2) is 41.1 Å². The molecule has 7 nitrogen and oxygen atoms in total. The van der Waals surface area contributed by atoms with Crippen LogP contribution in [-0.4, -0.2) is 44.3 Å². The van der Waals surface area contributed by atoms with E-state index >= 15 is 0 Å². The molecule has 30 heavy (non-hydrogen) atoms. The lowest BCUT2D eigenvalue weighted by atomic mass is 9.90. The van der Waals surface area contributed by atoms with Crippen molar-refractivity contribution in [1.82, 2.24) is 20.0 Å². The summed E-state index contributed by atoms with van der Waals surface area (Å²) in [5.41, 5.74) is 4.04. The van der Waals surface area contributed by atoms with Crippen molar-refractivity contribution in [2.75, 3.05) is 18.4 Å². The second-order valence-electron chi connectivity index (χ2n) is 8.34. The predicted octanol–water partition coefficient (Wildman–Crippen LogP) is 4.35. The van der Waals surface area contributed by atoms with E-state index < -0.39 is 0 Å². The summed E-state index contributed by atoms with van der Waals surface area (Å²) in [5, 5.41) is 16.8. The summed E-state index contributed by atoms with van der Waals surface area (Å²) in [7, 11) is 0. The molecule has 3 aromatic rings. The largest absolute Gasteiger partial charge is 0.508 e. The van der Waals surface area contributed by atoms with Crippen LogP contribution in [0.4, 0.5) is 5.95 Å². The van der Waals surface area contributed by atoms with E-state index in [4.69, 9.17) is 9.51 Å². The monoisotopic (exact) mass is 407 g/mol. The average Bonchev–Trinajstić information content (AvgIpc) is 3.16. The summed E-state index contributed by atoms with van der Waals surface area (Å²) in [5.74, 6) is 2.04. The van der Waals surface area contributed by atoms with Gasteiger partial charge in [0.15, 0.2) is 5.76 Å². The van der Waals surface area contributed by atoms with Gasteiger partial charge in [-0.05, 0) is 64.4 Å². The number of benzene rings is 1. The zero-order valence-electron chi connectivity index (χ0n) is 17.8. The summed E-state index contributed by atoms with van der Waals surface area (Å²) >= 11 is 0. The quantitative estimate of drug-likeness (QED) is 0.628. The summed E-state index contributed by atoms with van der Waals surface area (Å²) in [6.45, 7) is 8.97. The van der Waals surface area contributed by atoms with Gasteiger partial charge in [-0.15, -0.1) is 0 Å². The van der Waals surface area contributed by atoms with E-state index in [9.17, 15) is 5.11 Å². The maximum absolute atomic E-state index is 9.48. The third kappa shape index (κ3) is 4.79. The van der Waals surface area contributed by atoms with Crippen LogP contribution < -0.4 is 5.32 Å². The Morgan fingerprint density at radius 2 is 1.93 bits per heavy atom. The fourth-order valence-electron chi connectivity index (χ4n) is 3.94. The van der Waals surface area contributed by atoms with E-state index in [1.54, 1.807) is 12.1 Å². The molecule has 1 aliphatic rings. The fraction of sp³-hybridized carbons (Fsp3) is 0.435. The molecule has 1 aliphatic heterocycles. The minimum atomic E-state index is 0.267. The van der Waals surface area contributed by atoms with Crippen molar-refractivity contribution in [2.45, 2.75) is 52.1 Å². The van der Waals surface area contributed by atoms with Gasteiger partial charge in [0.1, 0.15) is 5.75 Å². The van der Waals surface area contributed by atoms with Crippen molar-refractivity contribution in [2.24, 2.45) is 0 Å². The average molecular weight is 408 g/mol. The summed E-state index contributed by atoms with van der Waals surface area (Å²) in [6.07, 6.45) is 3.91. The van der Waals surface area contributed by atoms with E-state index in [0.717, 1.165) is 55.2 Å². The molecule has 0 saturated carbocycles. The van der Waals surface area contributed by atoms with Crippen LogP contribution in [0.2, 0.25) is 0 Å². The molecule has 0 spiro atoms. The minimum absolute atomic E-state index is 0.267. The lowest BCUT2D eigenvalue weighted by molar-refractivity contribution is 0.203. The Morgan fingerprint density at radius 1 is 1.20 bits per heavy atom. The molecule has 0 amide bonds. The van der Waals surface area contributed by atoms with Gasteiger partial charge in [-0.2, -0.15) is 0 Å². The summed E-state index contributed by atoms with van der Waals surface area (Å²) in [4.78, 5) is 11.8. The molecule has 3 heterocycles. The minimum Gasteiger partial charge on any atom is -0.508 e. The number of nitrogens with one attached hydrogen (secondary N) is 1. The molecule has 2 aromatic heterocycles. The SMILES string of the molecule is Cc1cc(-c2cnc(NC(C)C)nc2C2CCN(Cc3ccc(O)cc3)CC2)on1. The molecule has 7 heteroatoms. The lowest BCUT2D eigenvalue weighted by Gasteiger charge is -2.32. The van der Waals surface area contributed by atoms with E-state index in [-0.39, 0.29) is 6.04 Å². The molecule has 0 aliphatic carbocycles. The highest BCUT2D eigenvalue weighted by Crippen LogP contribution is 2.35. The van der Waals surface area contributed by atoms with Gasteiger partial charge in [-0.3, -0.25) is 4.90 Å². The van der Waals surface area contributed by atoms with Crippen molar-refractivity contribution >= 4 is 5.95 Å². The van der Waals surface area contributed by atoms with Crippen molar-refractivity contribution in [3.63, 3.8) is 0 Å². The number of hydrogen-bond donors (Lipinski definition) is 2. The molecule has 1 saturated heterocycles. The number of aryl methyl sites for hydroxylation is 1. The van der Waals surface area contributed by atoms with Gasteiger partial charge < -0.3 is 14.9 Å². The molecule has 2 N–H and O–H groups in total. The van der Waals surface area contributed by atoms with Crippen molar-refractivity contribution < 1.29 is 9.63 Å². The van der Waals surface area contributed by atoms with E-state index in [1.807, 2.05) is 31.3 Å². The van der Waals surface area contributed by atoms with Crippen molar-refractivity contribution in [3.05, 3.63) is 53.5 Å². The maximum atomic E-state index is 9.48. The van der Waals surface area contributed by atoms with Crippen LogP contribution in [0.1, 0.15) is 49.6 Å². The molecule has 1 fully saturated rings. The predicted molar refractivity (Wildman–Crippen MR) is 116 cm³/mol. The Balaban J connectivity index is 1.51. The van der Waals surface area contributed by atoms with Gasteiger partial charge in [-0.25, -0.2) is 9.97 Å². The number of phenols is 1. The highest BCUT2D eigenvalue weighted by Gasteiger charge is 2.26. The number of anilines is 1. The second kappa shape index (κ2) is 8.83. The summed E-state index contributed by atoms with van der Waals surface area (Å²) < 4.78 is 5.53. The van der Waals surface area contributed by atoms with Crippen LogP contribution in [-0.2, 0) is 6.54 Å². The van der Waals surface area contributed by atoms with Crippen LogP contribution in [0.5, 0.6) is 5.75 Å². The van der Waals surface area contributed by atoms with Gasteiger partial charge in [0.05, 0.1) is 17.0 Å². The van der Waals surface area contributed by atoms with E-state index in [0.29, 0.717) is 17.6 Å².